The van der Waals surface area contributed by atoms with Crippen LogP contribution in [0, 0.1) is 13.8 Å². The zero-order valence-corrected chi connectivity index (χ0v) is 13.9. The summed E-state index contributed by atoms with van der Waals surface area (Å²) in [6.07, 6.45) is 0. The third kappa shape index (κ3) is 5.43. The Morgan fingerprint density at radius 3 is 2.25 bits per heavy atom. The van der Waals surface area contributed by atoms with E-state index in [-0.39, 0.29) is 19.1 Å². The maximum absolute atomic E-state index is 11.7. The second-order valence-corrected chi connectivity index (χ2v) is 5.43. The molecule has 5 heteroatoms. The summed E-state index contributed by atoms with van der Waals surface area (Å²) >= 11 is 0. The zero-order chi connectivity index (χ0) is 17.4. The Morgan fingerprint density at radius 2 is 1.58 bits per heavy atom. The van der Waals surface area contributed by atoms with Crippen LogP contribution in [0.4, 0.5) is 0 Å². The van der Waals surface area contributed by atoms with Crippen LogP contribution in [0.25, 0.3) is 0 Å². The van der Waals surface area contributed by atoms with Crippen molar-refractivity contribution >= 4 is 11.9 Å². The molecule has 126 valence electrons. The molecule has 1 amide bonds. The molecule has 0 atom stereocenters. The van der Waals surface area contributed by atoms with E-state index >= 15 is 0 Å². The fourth-order valence-electron chi connectivity index (χ4n) is 2.19. The van der Waals surface area contributed by atoms with E-state index in [9.17, 15) is 9.59 Å². The summed E-state index contributed by atoms with van der Waals surface area (Å²) < 4.78 is 10.4. The molecule has 2 aromatic carbocycles. The van der Waals surface area contributed by atoms with Crippen LogP contribution in [-0.2, 0) is 20.9 Å². The number of hydrogen-bond donors (Lipinski definition) is 1. The molecule has 0 spiro atoms. The Balaban J connectivity index is 1.70. The minimum Gasteiger partial charge on any atom is -0.481 e. The third-order valence-electron chi connectivity index (χ3n) is 3.44. The smallest absolute Gasteiger partial charge is 0.344 e. The first-order chi connectivity index (χ1) is 11.6. The average molecular weight is 327 g/mol. The van der Waals surface area contributed by atoms with Crippen molar-refractivity contribution in [1.29, 1.82) is 0 Å². The first kappa shape index (κ1) is 17.5. The van der Waals surface area contributed by atoms with E-state index in [4.69, 9.17) is 9.47 Å². The number of nitrogens with one attached hydrogen (secondary N) is 1. The SMILES string of the molecule is Cc1cccc(C)c1OCC(=O)OCC(=O)NCc1ccccc1. The van der Waals surface area contributed by atoms with Crippen molar-refractivity contribution in [3.8, 4) is 5.75 Å². The Morgan fingerprint density at radius 1 is 0.917 bits per heavy atom. The third-order valence-corrected chi connectivity index (χ3v) is 3.44. The lowest BCUT2D eigenvalue weighted by atomic mass is 10.1. The van der Waals surface area contributed by atoms with E-state index in [1.807, 2.05) is 62.4 Å². The highest BCUT2D eigenvalue weighted by Gasteiger charge is 2.10. The number of carbonyl (C=O) groups is 2. The van der Waals surface area contributed by atoms with E-state index in [0.717, 1.165) is 16.7 Å². The molecule has 2 rings (SSSR count). The van der Waals surface area contributed by atoms with Crippen LogP contribution in [0.5, 0.6) is 5.75 Å². The number of rotatable bonds is 7. The molecule has 5 nitrogen and oxygen atoms in total. The molecule has 0 bridgehead atoms. The number of carbonyl (C=O) groups excluding carboxylic acids is 2. The lowest BCUT2D eigenvalue weighted by molar-refractivity contribution is -0.150. The van der Waals surface area contributed by atoms with Crippen LogP contribution in [0.2, 0.25) is 0 Å². The fourth-order valence-corrected chi connectivity index (χ4v) is 2.19. The predicted molar refractivity (Wildman–Crippen MR) is 90.7 cm³/mol. The molecule has 0 unspecified atom stereocenters. The number of esters is 1. The van der Waals surface area contributed by atoms with E-state index in [0.29, 0.717) is 12.3 Å². The van der Waals surface area contributed by atoms with Gasteiger partial charge in [-0.3, -0.25) is 4.79 Å². The summed E-state index contributed by atoms with van der Waals surface area (Å²) in [6.45, 7) is 3.67. The first-order valence-electron chi connectivity index (χ1n) is 7.71. The summed E-state index contributed by atoms with van der Waals surface area (Å²) in [4.78, 5) is 23.4. The number of para-hydroxylation sites is 1. The molecular weight excluding hydrogens is 306 g/mol. The fraction of sp³-hybridized carbons (Fsp3) is 0.263. The van der Waals surface area contributed by atoms with Crippen molar-refractivity contribution in [2.24, 2.45) is 0 Å². The van der Waals surface area contributed by atoms with Crippen LogP contribution < -0.4 is 10.1 Å². The van der Waals surface area contributed by atoms with Gasteiger partial charge in [-0.1, -0.05) is 48.5 Å². The standard InChI is InChI=1S/C19H21NO4/c1-14-7-6-8-15(2)19(14)24-13-18(22)23-12-17(21)20-11-16-9-4-3-5-10-16/h3-10H,11-13H2,1-2H3,(H,20,21). The lowest BCUT2D eigenvalue weighted by Gasteiger charge is -2.11. The second kappa shape index (κ2) is 8.72. The molecule has 0 heterocycles. The van der Waals surface area contributed by atoms with Crippen molar-refractivity contribution in [1.82, 2.24) is 5.32 Å². The van der Waals surface area contributed by atoms with Gasteiger partial charge in [0, 0.05) is 6.54 Å². The molecule has 0 saturated heterocycles. The van der Waals surface area contributed by atoms with Crippen molar-refractivity contribution < 1.29 is 19.1 Å². The average Bonchev–Trinajstić information content (AvgIpc) is 2.58. The van der Waals surface area contributed by atoms with Gasteiger partial charge in [0.2, 0.25) is 0 Å². The Bertz CT molecular complexity index is 678. The molecule has 24 heavy (non-hydrogen) atoms. The largest absolute Gasteiger partial charge is 0.481 e. The molecule has 0 fully saturated rings. The van der Waals surface area contributed by atoms with E-state index in [1.165, 1.54) is 0 Å². The Labute approximate surface area is 141 Å². The van der Waals surface area contributed by atoms with Gasteiger partial charge in [0.05, 0.1) is 0 Å². The monoisotopic (exact) mass is 327 g/mol. The molecule has 1 N–H and O–H groups in total. The zero-order valence-electron chi connectivity index (χ0n) is 13.9. The number of benzene rings is 2. The maximum Gasteiger partial charge on any atom is 0.344 e. The number of aryl methyl sites for hydroxylation is 2. The van der Waals surface area contributed by atoms with Gasteiger partial charge in [0.1, 0.15) is 5.75 Å². The molecule has 0 aliphatic carbocycles. The quantitative estimate of drug-likeness (QED) is 0.794. The van der Waals surface area contributed by atoms with Crippen LogP contribution in [-0.4, -0.2) is 25.1 Å². The maximum atomic E-state index is 11.7. The van der Waals surface area contributed by atoms with E-state index in [1.54, 1.807) is 0 Å². The summed E-state index contributed by atoms with van der Waals surface area (Å²) in [5.41, 5.74) is 2.88. The summed E-state index contributed by atoms with van der Waals surface area (Å²) in [5.74, 6) is -0.255. The summed E-state index contributed by atoms with van der Waals surface area (Å²) in [5, 5.41) is 2.69. The molecule has 0 aromatic heterocycles. The Hall–Kier alpha value is -2.82. The van der Waals surface area contributed by atoms with Crippen LogP contribution >= 0.6 is 0 Å². The van der Waals surface area contributed by atoms with Gasteiger partial charge in [0.15, 0.2) is 13.2 Å². The molecule has 0 aliphatic heterocycles. The second-order valence-electron chi connectivity index (χ2n) is 5.43. The van der Waals surface area contributed by atoms with Crippen molar-refractivity contribution in [2.45, 2.75) is 20.4 Å². The van der Waals surface area contributed by atoms with Gasteiger partial charge in [0.25, 0.3) is 5.91 Å². The molecule has 2 aromatic rings. The highest BCUT2D eigenvalue weighted by molar-refractivity contribution is 5.80. The minimum atomic E-state index is -0.576. The van der Waals surface area contributed by atoms with Gasteiger partial charge in [-0.05, 0) is 30.5 Å². The summed E-state index contributed by atoms with van der Waals surface area (Å²) in [7, 11) is 0. The van der Waals surface area contributed by atoms with Gasteiger partial charge in [-0.15, -0.1) is 0 Å². The first-order valence-corrected chi connectivity index (χ1v) is 7.71. The van der Waals surface area contributed by atoms with Crippen molar-refractivity contribution in [3.63, 3.8) is 0 Å². The van der Waals surface area contributed by atoms with Crippen LogP contribution in [0.1, 0.15) is 16.7 Å². The lowest BCUT2D eigenvalue weighted by Crippen LogP contribution is -2.29. The van der Waals surface area contributed by atoms with Crippen molar-refractivity contribution in [3.05, 3.63) is 65.2 Å². The van der Waals surface area contributed by atoms with Crippen LogP contribution in [0.15, 0.2) is 48.5 Å². The normalized spacial score (nSPS) is 10.1. The highest BCUT2D eigenvalue weighted by atomic mass is 16.6. The molecule has 0 saturated carbocycles. The van der Waals surface area contributed by atoms with Crippen LogP contribution in [0.3, 0.4) is 0 Å². The topological polar surface area (TPSA) is 64.6 Å². The molecular formula is C19H21NO4. The Kier molecular flexibility index (Phi) is 6.37. The minimum absolute atomic E-state index is 0.225. The highest BCUT2D eigenvalue weighted by Crippen LogP contribution is 2.22. The van der Waals surface area contributed by atoms with Crippen molar-refractivity contribution in [2.75, 3.05) is 13.2 Å². The number of amides is 1. The number of hydrogen-bond acceptors (Lipinski definition) is 4. The molecule has 0 aliphatic rings. The van der Waals surface area contributed by atoms with E-state index < -0.39 is 5.97 Å². The van der Waals surface area contributed by atoms with Gasteiger partial charge >= 0.3 is 5.97 Å². The van der Waals surface area contributed by atoms with Gasteiger partial charge < -0.3 is 14.8 Å². The van der Waals surface area contributed by atoms with E-state index in [2.05, 4.69) is 5.32 Å². The molecule has 0 radical (unpaired) electrons. The summed E-state index contributed by atoms with van der Waals surface area (Å²) in [6, 6.07) is 15.2. The van der Waals surface area contributed by atoms with Gasteiger partial charge in [-0.2, -0.15) is 0 Å². The number of ether oxygens (including phenoxy) is 2. The van der Waals surface area contributed by atoms with Gasteiger partial charge in [-0.25, -0.2) is 4.79 Å². The predicted octanol–water partition coefficient (Wildman–Crippen LogP) is 2.54.